The molecule has 2 aliphatic rings. The molecule has 1 aliphatic carbocycles. The first-order chi connectivity index (χ1) is 10.5. The molecular formula is C17H17N3O2. The van der Waals surface area contributed by atoms with Gasteiger partial charge < -0.3 is 20.8 Å². The number of nitrogens with one attached hydrogen (secondary N) is 1. The Morgan fingerprint density at radius 1 is 1.18 bits per heavy atom. The second kappa shape index (κ2) is 5.52. The molecule has 0 radical (unpaired) electrons. The van der Waals surface area contributed by atoms with Crippen LogP contribution in [0.5, 0.6) is 0 Å². The zero-order valence-corrected chi connectivity index (χ0v) is 12.0. The van der Waals surface area contributed by atoms with Crippen LogP contribution in [0.15, 0.2) is 42.5 Å². The van der Waals surface area contributed by atoms with Crippen LogP contribution in [-0.2, 0) is 11.3 Å². The lowest BCUT2D eigenvalue weighted by molar-refractivity contribution is -0.137. The number of pyridine rings is 1. The van der Waals surface area contributed by atoms with Crippen LogP contribution in [0.3, 0.4) is 0 Å². The summed E-state index contributed by atoms with van der Waals surface area (Å²) in [5.41, 5.74) is 9.49. The van der Waals surface area contributed by atoms with E-state index >= 15 is 0 Å². The fourth-order valence-electron chi connectivity index (χ4n) is 2.74. The van der Waals surface area contributed by atoms with Gasteiger partial charge in [-0.2, -0.15) is 0 Å². The third-order valence-electron chi connectivity index (χ3n) is 3.75. The van der Waals surface area contributed by atoms with Crippen molar-refractivity contribution in [2.24, 2.45) is 0 Å². The Morgan fingerprint density at radius 2 is 2.00 bits per heavy atom. The van der Waals surface area contributed by atoms with E-state index in [-0.39, 0.29) is 6.42 Å². The number of anilines is 1. The molecule has 4 N–H and O–H groups in total. The molecular weight excluding hydrogens is 278 g/mol. The maximum atomic E-state index is 10.8. The lowest BCUT2D eigenvalue weighted by atomic mass is 10.0. The highest BCUT2D eigenvalue weighted by atomic mass is 16.4. The number of aliphatic carboxylic acids is 1. The van der Waals surface area contributed by atoms with Crippen molar-refractivity contribution in [1.29, 1.82) is 5.41 Å². The molecule has 5 nitrogen and oxygen atoms in total. The van der Waals surface area contributed by atoms with E-state index in [0.717, 1.165) is 22.2 Å². The molecule has 3 rings (SSSR count). The Labute approximate surface area is 127 Å². The molecule has 0 unspecified atom stereocenters. The predicted molar refractivity (Wildman–Crippen MR) is 85.7 cm³/mol. The van der Waals surface area contributed by atoms with Gasteiger partial charge in [0.25, 0.3) is 0 Å². The zero-order chi connectivity index (χ0) is 15.7. The number of aromatic nitrogens is 1. The van der Waals surface area contributed by atoms with Crippen molar-refractivity contribution >= 4 is 22.6 Å². The first kappa shape index (κ1) is 14.1. The minimum atomic E-state index is -0.800. The molecule has 1 heterocycles. The van der Waals surface area contributed by atoms with Gasteiger partial charge >= 0.3 is 5.97 Å². The molecule has 0 bridgehead atoms. The molecule has 112 valence electrons. The summed E-state index contributed by atoms with van der Waals surface area (Å²) in [5, 5.41) is 18.2. The number of benzene rings is 2. The number of rotatable bonds is 4. The van der Waals surface area contributed by atoms with Crippen molar-refractivity contribution in [3.05, 3.63) is 47.8 Å². The van der Waals surface area contributed by atoms with Crippen LogP contribution in [0.2, 0.25) is 0 Å². The Balaban J connectivity index is 2.21. The van der Waals surface area contributed by atoms with Crippen LogP contribution in [-0.4, -0.2) is 15.6 Å². The molecule has 0 aromatic heterocycles. The van der Waals surface area contributed by atoms with Gasteiger partial charge in [-0.25, -0.2) is 0 Å². The van der Waals surface area contributed by atoms with E-state index in [4.69, 9.17) is 16.2 Å². The van der Waals surface area contributed by atoms with Gasteiger partial charge in [0.2, 0.25) is 0 Å². The maximum Gasteiger partial charge on any atom is 0.303 e. The highest BCUT2D eigenvalue weighted by Crippen LogP contribution is 2.29. The summed E-state index contributed by atoms with van der Waals surface area (Å²) in [4.78, 5) is 10.8. The van der Waals surface area contributed by atoms with Gasteiger partial charge in [0.1, 0.15) is 0 Å². The third-order valence-corrected chi connectivity index (χ3v) is 3.75. The number of carboxylic acid groups (broad SMARTS) is 1. The molecule has 0 saturated heterocycles. The highest BCUT2D eigenvalue weighted by Gasteiger charge is 2.11. The molecule has 0 atom stereocenters. The maximum absolute atomic E-state index is 10.8. The van der Waals surface area contributed by atoms with Crippen LogP contribution in [0, 0.1) is 5.41 Å². The molecule has 0 amide bonds. The molecule has 1 aliphatic heterocycles. The van der Waals surface area contributed by atoms with Crippen molar-refractivity contribution in [3.8, 4) is 11.3 Å². The first-order valence-electron chi connectivity index (χ1n) is 7.14. The van der Waals surface area contributed by atoms with E-state index in [0.29, 0.717) is 24.0 Å². The van der Waals surface area contributed by atoms with E-state index in [1.54, 1.807) is 12.1 Å². The summed E-state index contributed by atoms with van der Waals surface area (Å²) in [7, 11) is 0. The summed E-state index contributed by atoms with van der Waals surface area (Å²) in [5.74, 6) is -0.800. The fraction of sp³-hybridized carbons (Fsp3) is 0.176. The summed E-state index contributed by atoms with van der Waals surface area (Å²) in [6.45, 7) is 0.576. The number of hydrogen-bond acceptors (Lipinski definition) is 3. The predicted octanol–water partition coefficient (Wildman–Crippen LogP) is 2.67. The second-order valence-corrected chi connectivity index (χ2v) is 5.39. The Bertz CT molecular complexity index is 883. The van der Waals surface area contributed by atoms with Crippen molar-refractivity contribution < 1.29 is 9.90 Å². The average molecular weight is 295 g/mol. The normalized spacial score (nSPS) is 11.1. The minimum absolute atomic E-state index is 0.119. The van der Waals surface area contributed by atoms with Gasteiger partial charge in [-0.05, 0) is 47.7 Å². The Kier molecular flexibility index (Phi) is 3.55. The van der Waals surface area contributed by atoms with Gasteiger partial charge in [0.15, 0.2) is 0 Å². The monoisotopic (exact) mass is 295 g/mol. The lowest BCUT2D eigenvalue weighted by Gasteiger charge is -2.19. The van der Waals surface area contributed by atoms with Crippen LogP contribution in [0.4, 0.5) is 5.69 Å². The van der Waals surface area contributed by atoms with Gasteiger partial charge in [0.05, 0.1) is 16.6 Å². The van der Waals surface area contributed by atoms with E-state index in [2.05, 4.69) is 10.6 Å². The number of nitrogens with zero attached hydrogens (tertiary/aromatic N) is 1. The number of fused-ring (bicyclic) bond motifs is 2. The molecule has 0 fully saturated rings. The molecule has 5 heteroatoms. The molecule has 1 aromatic rings. The number of carbonyl (C=O) groups is 1. The number of carboxylic acids is 1. The number of hydrogen-bond donors (Lipinski definition) is 3. The van der Waals surface area contributed by atoms with Crippen LogP contribution in [0.1, 0.15) is 12.8 Å². The Morgan fingerprint density at radius 3 is 2.77 bits per heavy atom. The van der Waals surface area contributed by atoms with Gasteiger partial charge in [-0.15, -0.1) is 0 Å². The van der Waals surface area contributed by atoms with E-state index in [1.807, 2.05) is 24.3 Å². The molecule has 0 saturated carbocycles. The minimum Gasteiger partial charge on any atom is -0.481 e. The lowest BCUT2D eigenvalue weighted by Crippen LogP contribution is -2.11. The first-order valence-corrected chi connectivity index (χ1v) is 7.14. The van der Waals surface area contributed by atoms with Crippen molar-refractivity contribution in [2.75, 3.05) is 5.73 Å². The summed E-state index contributed by atoms with van der Waals surface area (Å²) < 4.78 is 2.06. The van der Waals surface area contributed by atoms with Crippen LogP contribution < -0.4 is 11.1 Å². The fourth-order valence-corrected chi connectivity index (χ4v) is 2.74. The number of aryl methyl sites for hydroxylation is 1. The summed E-state index contributed by atoms with van der Waals surface area (Å²) in [6, 6.07) is 13.3. The van der Waals surface area contributed by atoms with E-state index < -0.39 is 5.97 Å². The smallest absolute Gasteiger partial charge is 0.303 e. The number of nitrogens with two attached hydrogens (primary N) is 1. The summed E-state index contributed by atoms with van der Waals surface area (Å²) in [6.07, 6.45) is 0.652. The average Bonchev–Trinajstić information content (AvgIpc) is 2.47. The molecule has 1 aromatic carbocycles. The van der Waals surface area contributed by atoms with E-state index in [9.17, 15) is 4.79 Å². The second-order valence-electron chi connectivity index (χ2n) is 5.39. The number of nitrogen functional groups attached to an aromatic ring is 1. The van der Waals surface area contributed by atoms with E-state index in [1.165, 1.54) is 0 Å². The topological polar surface area (TPSA) is 92.1 Å². The third kappa shape index (κ3) is 2.65. The standard InChI is InChI=1S/C17H17N3O2/c18-13-5-3-11-8-12-4-6-14(19)10-16(12)20(15(11)9-13)7-1-2-17(21)22/h3-6,8-10,18H,1-2,7,19H2,(H,21,22). The van der Waals surface area contributed by atoms with Crippen molar-refractivity contribution in [1.82, 2.24) is 4.57 Å². The van der Waals surface area contributed by atoms with Gasteiger partial charge in [-0.1, -0.05) is 12.1 Å². The summed E-state index contributed by atoms with van der Waals surface area (Å²) >= 11 is 0. The Hall–Kier alpha value is -2.82. The highest BCUT2D eigenvalue weighted by molar-refractivity contribution is 5.88. The van der Waals surface area contributed by atoms with Crippen molar-refractivity contribution in [2.45, 2.75) is 19.4 Å². The van der Waals surface area contributed by atoms with Crippen LogP contribution >= 0.6 is 0 Å². The van der Waals surface area contributed by atoms with Crippen molar-refractivity contribution in [3.63, 3.8) is 0 Å². The SMILES string of the molecule is N=c1ccc2cc3ccc(N)cc3n(CCCC(=O)O)c-2c1. The zero-order valence-electron chi connectivity index (χ0n) is 12.0. The largest absolute Gasteiger partial charge is 0.481 e. The van der Waals surface area contributed by atoms with Gasteiger partial charge in [0, 0.05) is 18.7 Å². The van der Waals surface area contributed by atoms with Crippen LogP contribution in [0.25, 0.3) is 22.2 Å². The molecule has 22 heavy (non-hydrogen) atoms. The quantitative estimate of drug-likeness (QED) is 0.510. The molecule has 0 spiro atoms. The van der Waals surface area contributed by atoms with Gasteiger partial charge in [-0.3, -0.25) is 4.79 Å².